The number of ether oxygens (including phenoxy) is 1. The molecule has 4 nitrogen and oxygen atoms in total. The highest BCUT2D eigenvalue weighted by atomic mass is 16.5. The molecule has 19 heavy (non-hydrogen) atoms. The smallest absolute Gasteiger partial charge is 0.219 e. The molecule has 3 aliphatic rings. The molecule has 108 valence electrons. The lowest BCUT2D eigenvalue weighted by atomic mass is 9.92. The maximum absolute atomic E-state index is 12.1. The van der Waals surface area contributed by atoms with Gasteiger partial charge in [0.05, 0.1) is 0 Å². The first-order valence-corrected chi connectivity index (χ1v) is 7.86. The standard InChI is InChI=1S/C15H26N2O2/c1-12(18)17(14-6-9-19-10-7-14)15-5-8-16(11-15)13-3-2-4-13/h13-15H,2-11H2,1H3. The van der Waals surface area contributed by atoms with Crippen LogP contribution >= 0.6 is 0 Å². The molecular formula is C15H26N2O2. The van der Waals surface area contributed by atoms with E-state index in [0.29, 0.717) is 12.1 Å². The Morgan fingerprint density at radius 1 is 1.11 bits per heavy atom. The van der Waals surface area contributed by atoms with E-state index in [-0.39, 0.29) is 5.91 Å². The minimum Gasteiger partial charge on any atom is -0.381 e. The van der Waals surface area contributed by atoms with E-state index < -0.39 is 0 Å². The van der Waals surface area contributed by atoms with Crippen LogP contribution in [-0.4, -0.2) is 60.1 Å². The zero-order valence-corrected chi connectivity index (χ0v) is 12.0. The van der Waals surface area contributed by atoms with Crippen LogP contribution in [0, 0.1) is 0 Å². The predicted molar refractivity (Wildman–Crippen MR) is 74.0 cm³/mol. The van der Waals surface area contributed by atoms with Crippen LogP contribution < -0.4 is 0 Å². The average Bonchev–Trinajstić information content (AvgIpc) is 2.77. The van der Waals surface area contributed by atoms with Gasteiger partial charge in [0.25, 0.3) is 0 Å². The molecule has 0 aromatic rings. The maximum Gasteiger partial charge on any atom is 0.219 e. The second kappa shape index (κ2) is 5.80. The van der Waals surface area contributed by atoms with Gasteiger partial charge < -0.3 is 9.64 Å². The molecule has 0 aromatic carbocycles. The fourth-order valence-corrected chi connectivity index (χ4v) is 3.85. The molecule has 4 heteroatoms. The lowest BCUT2D eigenvalue weighted by molar-refractivity contribution is -0.135. The Balaban J connectivity index is 1.61. The van der Waals surface area contributed by atoms with Crippen LogP contribution in [0.1, 0.15) is 45.4 Å². The topological polar surface area (TPSA) is 32.8 Å². The summed E-state index contributed by atoms with van der Waals surface area (Å²) in [6.07, 6.45) is 7.31. The highest BCUT2D eigenvalue weighted by Crippen LogP contribution is 2.30. The number of carbonyl (C=O) groups excluding carboxylic acids is 1. The summed E-state index contributed by atoms with van der Waals surface area (Å²) in [5, 5.41) is 0. The van der Waals surface area contributed by atoms with Crippen molar-refractivity contribution in [2.75, 3.05) is 26.3 Å². The minimum atomic E-state index is 0.257. The zero-order chi connectivity index (χ0) is 13.2. The van der Waals surface area contributed by atoms with E-state index in [1.807, 2.05) is 0 Å². The first kappa shape index (κ1) is 13.4. The van der Waals surface area contributed by atoms with Gasteiger partial charge in [0.2, 0.25) is 5.91 Å². The van der Waals surface area contributed by atoms with Gasteiger partial charge in [0, 0.05) is 51.4 Å². The van der Waals surface area contributed by atoms with Crippen molar-refractivity contribution >= 4 is 5.91 Å². The van der Waals surface area contributed by atoms with Gasteiger partial charge in [0.15, 0.2) is 0 Å². The van der Waals surface area contributed by atoms with Crippen molar-refractivity contribution in [3.05, 3.63) is 0 Å². The molecule has 0 radical (unpaired) electrons. The summed E-state index contributed by atoms with van der Waals surface area (Å²) in [6, 6.07) is 1.67. The summed E-state index contributed by atoms with van der Waals surface area (Å²) in [5.41, 5.74) is 0. The summed E-state index contributed by atoms with van der Waals surface area (Å²) < 4.78 is 5.43. The number of amides is 1. The Hall–Kier alpha value is -0.610. The molecule has 0 spiro atoms. The second-order valence-corrected chi connectivity index (χ2v) is 6.29. The number of hydrogen-bond acceptors (Lipinski definition) is 3. The van der Waals surface area contributed by atoms with Crippen molar-refractivity contribution in [1.29, 1.82) is 0 Å². The molecule has 1 aliphatic carbocycles. The SMILES string of the molecule is CC(=O)N(C1CCOCC1)C1CCN(C2CCC2)C1. The third kappa shape index (κ3) is 2.79. The fourth-order valence-electron chi connectivity index (χ4n) is 3.85. The van der Waals surface area contributed by atoms with Crippen molar-refractivity contribution in [3.8, 4) is 0 Å². The second-order valence-electron chi connectivity index (χ2n) is 6.29. The molecule has 2 aliphatic heterocycles. The first-order valence-electron chi connectivity index (χ1n) is 7.86. The summed E-state index contributed by atoms with van der Waals surface area (Å²) in [4.78, 5) is 16.9. The monoisotopic (exact) mass is 266 g/mol. The van der Waals surface area contributed by atoms with Crippen molar-refractivity contribution in [2.24, 2.45) is 0 Å². The maximum atomic E-state index is 12.1. The Kier molecular flexibility index (Phi) is 4.08. The Bertz CT molecular complexity index is 324. The van der Waals surface area contributed by atoms with Crippen LogP contribution in [0.2, 0.25) is 0 Å². The van der Waals surface area contributed by atoms with Crippen molar-refractivity contribution in [1.82, 2.24) is 9.80 Å². The summed E-state index contributed by atoms with van der Waals surface area (Å²) in [6.45, 7) is 5.65. The Morgan fingerprint density at radius 2 is 1.84 bits per heavy atom. The van der Waals surface area contributed by atoms with E-state index in [4.69, 9.17) is 4.74 Å². The normalized spacial score (nSPS) is 30.3. The quantitative estimate of drug-likeness (QED) is 0.778. The third-order valence-electron chi connectivity index (χ3n) is 5.13. The number of likely N-dealkylation sites (tertiary alicyclic amines) is 1. The molecule has 1 atom stereocenters. The number of hydrogen-bond donors (Lipinski definition) is 0. The van der Waals surface area contributed by atoms with Crippen LogP contribution in [0.15, 0.2) is 0 Å². The molecule has 3 rings (SSSR count). The lowest BCUT2D eigenvalue weighted by Gasteiger charge is -2.39. The van der Waals surface area contributed by atoms with Crippen LogP contribution in [-0.2, 0) is 9.53 Å². The third-order valence-corrected chi connectivity index (χ3v) is 5.13. The molecule has 2 saturated heterocycles. The predicted octanol–water partition coefficient (Wildman–Crippen LogP) is 1.64. The van der Waals surface area contributed by atoms with E-state index in [0.717, 1.165) is 45.1 Å². The molecule has 1 unspecified atom stereocenters. The van der Waals surface area contributed by atoms with Gasteiger partial charge in [-0.2, -0.15) is 0 Å². The van der Waals surface area contributed by atoms with Gasteiger partial charge in [-0.3, -0.25) is 9.69 Å². The minimum absolute atomic E-state index is 0.257. The first-order chi connectivity index (χ1) is 9.25. The largest absolute Gasteiger partial charge is 0.381 e. The van der Waals surface area contributed by atoms with Gasteiger partial charge in [-0.1, -0.05) is 6.42 Å². The van der Waals surface area contributed by atoms with E-state index >= 15 is 0 Å². The molecular weight excluding hydrogens is 240 g/mol. The lowest BCUT2D eigenvalue weighted by Crippen LogP contribution is -2.50. The fraction of sp³-hybridized carbons (Fsp3) is 0.933. The molecule has 0 N–H and O–H groups in total. The Labute approximate surface area is 116 Å². The zero-order valence-electron chi connectivity index (χ0n) is 12.0. The molecule has 2 heterocycles. The van der Waals surface area contributed by atoms with Gasteiger partial charge in [-0.05, 0) is 32.1 Å². The van der Waals surface area contributed by atoms with E-state index in [2.05, 4.69) is 9.80 Å². The van der Waals surface area contributed by atoms with Crippen LogP contribution in [0.5, 0.6) is 0 Å². The van der Waals surface area contributed by atoms with Gasteiger partial charge in [-0.25, -0.2) is 0 Å². The summed E-state index contributed by atoms with van der Waals surface area (Å²) in [5.74, 6) is 0.257. The molecule has 3 fully saturated rings. The van der Waals surface area contributed by atoms with Gasteiger partial charge in [-0.15, -0.1) is 0 Å². The van der Waals surface area contributed by atoms with Gasteiger partial charge in [0.1, 0.15) is 0 Å². The van der Waals surface area contributed by atoms with Crippen molar-refractivity contribution < 1.29 is 9.53 Å². The number of carbonyl (C=O) groups is 1. The summed E-state index contributed by atoms with van der Waals surface area (Å²) >= 11 is 0. The van der Waals surface area contributed by atoms with Crippen LogP contribution in [0.3, 0.4) is 0 Å². The number of rotatable bonds is 3. The van der Waals surface area contributed by atoms with E-state index in [1.54, 1.807) is 6.92 Å². The van der Waals surface area contributed by atoms with Crippen LogP contribution in [0.4, 0.5) is 0 Å². The molecule has 0 aromatic heterocycles. The van der Waals surface area contributed by atoms with Gasteiger partial charge >= 0.3 is 0 Å². The molecule has 0 bridgehead atoms. The Morgan fingerprint density at radius 3 is 2.42 bits per heavy atom. The van der Waals surface area contributed by atoms with Crippen molar-refractivity contribution in [3.63, 3.8) is 0 Å². The summed E-state index contributed by atoms with van der Waals surface area (Å²) in [7, 11) is 0. The molecule has 1 amide bonds. The highest BCUT2D eigenvalue weighted by Gasteiger charge is 2.37. The van der Waals surface area contributed by atoms with Crippen LogP contribution in [0.25, 0.3) is 0 Å². The molecule has 1 saturated carbocycles. The number of nitrogens with zero attached hydrogens (tertiary/aromatic N) is 2. The van der Waals surface area contributed by atoms with E-state index in [1.165, 1.54) is 25.8 Å². The van der Waals surface area contributed by atoms with E-state index in [9.17, 15) is 4.79 Å². The highest BCUT2D eigenvalue weighted by molar-refractivity contribution is 5.74. The van der Waals surface area contributed by atoms with Crippen molar-refractivity contribution in [2.45, 2.75) is 63.6 Å². The average molecular weight is 266 g/mol.